The third-order valence-corrected chi connectivity index (χ3v) is 7.80. The van der Waals surface area contributed by atoms with Gasteiger partial charge in [-0.15, -0.1) is 0 Å². The van der Waals surface area contributed by atoms with Crippen molar-refractivity contribution >= 4 is 6.09 Å². The Hall–Kier alpha value is -3.55. The third-order valence-electron chi connectivity index (χ3n) is 7.80. The van der Waals surface area contributed by atoms with Gasteiger partial charge in [-0.1, -0.05) is 12.1 Å². The van der Waals surface area contributed by atoms with E-state index in [0.717, 1.165) is 10.6 Å². The molecule has 1 aliphatic heterocycles. The summed E-state index contributed by atoms with van der Waals surface area (Å²) in [5.41, 5.74) is -1.70. The minimum Gasteiger partial charge on any atom is -0.448 e. The summed E-state index contributed by atoms with van der Waals surface area (Å²) in [5.74, 6) is 0. The van der Waals surface area contributed by atoms with E-state index < -0.39 is 29.0 Å². The SMILES string of the molecule is Cc1c(C#N)c(=O)n(C2CCc3c2cccc3C(F)(F)F)c(=O)n1[C@H]1CC[C@H](N2CCOC2=O)CC1. The number of amides is 1. The third kappa shape index (κ3) is 3.79. The Morgan fingerprint density at radius 1 is 1.03 bits per heavy atom. The quantitative estimate of drug-likeness (QED) is 0.638. The van der Waals surface area contributed by atoms with Gasteiger partial charge in [-0.3, -0.25) is 13.9 Å². The Balaban J connectivity index is 1.55. The number of carbonyl (C=O) groups excluding carboxylic acids is 1. The second-order valence-electron chi connectivity index (χ2n) is 9.60. The van der Waals surface area contributed by atoms with Crippen LogP contribution in [0.25, 0.3) is 0 Å². The highest BCUT2D eigenvalue weighted by Gasteiger charge is 2.39. The maximum Gasteiger partial charge on any atom is 0.416 e. The summed E-state index contributed by atoms with van der Waals surface area (Å²) in [6, 6.07) is 4.54. The Kier molecular flexibility index (Phi) is 5.93. The van der Waals surface area contributed by atoms with Crippen LogP contribution in [-0.2, 0) is 17.3 Å². The van der Waals surface area contributed by atoms with Crippen molar-refractivity contribution < 1.29 is 22.7 Å². The highest BCUT2D eigenvalue weighted by Crippen LogP contribution is 2.41. The highest BCUT2D eigenvalue weighted by atomic mass is 19.4. The normalized spacial score (nSPS) is 23.9. The second kappa shape index (κ2) is 8.84. The summed E-state index contributed by atoms with van der Waals surface area (Å²) in [7, 11) is 0. The Morgan fingerprint density at radius 2 is 1.72 bits per heavy atom. The van der Waals surface area contributed by atoms with Crippen LogP contribution >= 0.6 is 0 Å². The predicted molar refractivity (Wildman–Crippen MR) is 122 cm³/mol. The monoisotopic (exact) mass is 502 g/mol. The summed E-state index contributed by atoms with van der Waals surface area (Å²) >= 11 is 0. The van der Waals surface area contributed by atoms with Gasteiger partial charge in [0.2, 0.25) is 0 Å². The summed E-state index contributed by atoms with van der Waals surface area (Å²) in [4.78, 5) is 40.7. The van der Waals surface area contributed by atoms with Gasteiger partial charge in [0, 0.05) is 17.8 Å². The number of nitriles is 1. The molecule has 0 N–H and O–H groups in total. The number of rotatable bonds is 3. The molecule has 5 rings (SSSR count). The van der Waals surface area contributed by atoms with E-state index in [4.69, 9.17) is 4.74 Å². The molecule has 0 bridgehead atoms. The molecule has 190 valence electrons. The van der Waals surface area contributed by atoms with Gasteiger partial charge >= 0.3 is 18.0 Å². The van der Waals surface area contributed by atoms with Crippen LogP contribution in [0.5, 0.6) is 0 Å². The van der Waals surface area contributed by atoms with E-state index in [2.05, 4.69) is 0 Å². The van der Waals surface area contributed by atoms with Crippen LogP contribution in [0.3, 0.4) is 0 Å². The minimum absolute atomic E-state index is 0.00361. The number of hydrogen-bond donors (Lipinski definition) is 0. The van der Waals surface area contributed by atoms with Gasteiger partial charge in [0.25, 0.3) is 5.56 Å². The van der Waals surface area contributed by atoms with E-state index in [0.29, 0.717) is 44.4 Å². The van der Waals surface area contributed by atoms with Crippen LogP contribution < -0.4 is 11.2 Å². The second-order valence-corrected chi connectivity index (χ2v) is 9.60. The number of halogens is 3. The molecule has 1 atom stereocenters. The molecule has 1 amide bonds. The lowest BCUT2D eigenvalue weighted by Gasteiger charge is -2.35. The number of benzene rings is 1. The van der Waals surface area contributed by atoms with E-state index in [9.17, 15) is 32.8 Å². The molecule has 2 heterocycles. The van der Waals surface area contributed by atoms with Crippen molar-refractivity contribution in [3.05, 3.63) is 67.0 Å². The van der Waals surface area contributed by atoms with Crippen molar-refractivity contribution in [2.45, 2.75) is 69.8 Å². The maximum absolute atomic E-state index is 13.8. The summed E-state index contributed by atoms with van der Waals surface area (Å²) in [6.45, 7) is 2.43. The number of ether oxygens (including phenoxy) is 1. The topological polar surface area (TPSA) is 97.3 Å². The number of fused-ring (bicyclic) bond motifs is 1. The number of hydrogen-bond acceptors (Lipinski definition) is 5. The number of nitrogens with zero attached hydrogens (tertiary/aromatic N) is 4. The Bertz CT molecular complexity index is 1380. The molecule has 1 saturated heterocycles. The van der Waals surface area contributed by atoms with Crippen LogP contribution in [0, 0.1) is 18.3 Å². The molecule has 2 aliphatic carbocycles. The molecular formula is C25H25F3N4O4. The zero-order valence-electron chi connectivity index (χ0n) is 19.7. The standard InChI is InChI=1S/C25H25F3N4O4/c1-14-19(13-29)22(33)32(21-10-9-17-18(21)3-2-4-20(17)25(26,27)28)23(34)31(14)16-7-5-15(6-8-16)30-11-12-36-24(30)35/h2-4,15-16,21H,5-12H2,1H3/t15-,16-,21?. The number of alkyl halides is 3. The van der Waals surface area contributed by atoms with Gasteiger partial charge in [0.05, 0.1) is 18.2 Å². The smallest absolute Gasteiger partial charge is 0.416 e. The first-order valence-corrected chi connectivity index (χ1v) is 12.0. The average Bonchev–Trinajstić information content (AvgIpc) is 3.45. The van der Waals surface area contributed by atoms with Crippen molar-refractivity contribution in [3.63, 3.8) is 0 Å². The molecular weight excluding hydrogens is 477 g/mol. The largest absolute Gasteiger partial charge is 0.448 e. The first-order chi connectivity index (χ1) is 17.1. The van der Waals surface area contributed by atoms with Gasteiger partial charge in [0.1, 0.15) is 18.2 Å². The van der Waals surface area contributed by atoms with Crippen LogP contribution in [0.2, 0.25) is 0 Å². The van der Waals surface area contributed by atoms with Gasteiger partial charge < -0.3 is 9.64 Å². The minimum atomic E-state index is -4.54. The molecule has 1 aromatic carbocycles. The van der Waals surface area contributed by atoms with Gasteiger partial charge in [-0.2, -0.15) is 18.4 Å². The molecule has 8 nitrogen and oxygen atoms in total. The molecule has 3 aliphatic rings. The zero-order chi connectivity index (χ0) is 25.8. The van der Waals surface area contributed by atoms with Gasteiger partial charge in [-0.25, -0.2) is 9.59 Å². The molecule has 11 heteroatoms. The van der Waals surface area contributed by atoms with E-state index in [-0.39, 0.29) is 47.8 Å². The highest BCUT2D eigenvalue weighted by molar-refractivity contribution is 5.69. The van der Waals surface area contributed by atoms with E-state index in [1.54, 1.807) is 11.8 Å². The van der Waals surface area contributed by atoms with Crippen LogP contribution in [0.1, 0.15) is 72.1 Å². The predicted octanol–water partition coefficient (Wildman–Crippen LogP) is 3.68. The van der Waals surface area contributed by atoms with Crippen LogP contribution in [0.4, 0.5) is 18.0 Å². The van der Waals surface area contributed by atoms with Crippen LogP contribution in [-0.4, -0.2) is 39.3 Å². The van der Waals surface area contributed by atoms with Gasteiger partial charge in [0.15, 0.2) is 0 Å². The Labute approximate surface area is 204 Å². The molecule has 0 spiro atoms. The molecule has 1 unspecified atom stereocenters. The number of aromatic nitrogens is 2. The molecule has 2 aromatic rings. The lowest BCUT2D eigenvalue weighted by atomic mass is 9.89. The summed E-state index contributed by atoms with van der Waals surface area (Å²) in [6.07, 6.45) is -2.28. The number of carbonyl (C=O) groups is 1. The first kappa shape index (κ1) is 24.2. The number of cyclic esters (lactones) is 1. The fraction of sp³-hybridized carbons (Fsp3) is 0.520. The molecule has 2 fully saturated rings. The van der Waals surface area contributed by atoms with Crippen molar-refractivity contribution in [3.8, 4) is 6.07 Å². The fourth-order valence-electron chi connectivity index (χ4n) is 6.11. The van der Waals surface area contributed by atoms with Crippen molar-refractivity contribution in [1.29, 1.82) is 5.26 Å². The summed E-state index contributed by atoms with van der Waals surface area (Å²) in [5, 5.41) is 9.76. The van der Waals surface area contributed by atoms with E-state index in [1.165, 1.54) is 16.7 Å². The first-order valence-electron chi connectivity index (χ1n) is 12.0. The van der Waals surface area contributed by atoms with E-state index >= 15 is 0 Å². The lowest BCUT2D eigenvalue weighted by molar-refractivity contribution is -0.138. The molecule has 1 saturated carbocycles. The van der Waals surface area contributed by atoms with Crippen molar-refractivity contribution in [1.82, 2.24) is 14.0 Å². The maximum atomic E-state index is 13.8. The van der Waals surface area contributed by atoms with E-state index in [1.807, 2.05) is 6.07 Å². The van der Waals surface area contributed by atoms with Gasteiger partial charge in [-0.05, 0) is 62.6 Å². The Morgan fingerprint density at radius 3 is 2.33 bits per heavy atom. The average molecular weight is 502 g/mol. The summed E-state index contributed by atoms with van der Waals surface area (Å²) < 4.78 is 48.2. The van der Waals surface area contributed by atoms with Crippen molar-refractivity contribution in [2.75, 3.05) is 13.2 Å². The molecule has 0 radical (unpaired) electrons. The lowest BCUT2D eigenvalue weighted by Crippen LogP contribution is -2.47. The van der Waals surface area contributed by atoms with Crippen molar-refractivity contribution in [2.24, 2.45) is 0 Å². The molecule has 1 aromatic heterocycles. The fourth-order valence-corrected chi connectivity index (χ4v) is 6.11. The zero-order valence-corrected chi connectivity index (χ0v) is 19.7. The van der Waals surface area contributed by atoms with Crippen LogP contribution in [0.15, 0.2) is 27.8 Å². The molecule has 36 heavy (non-hydrogen) atoms.